The maximum absolute atomic E-state index is 12.6. The Kier molecular flexibility index (Phi) is 4.52. The first-order valence-corrected chi connectivity index (χ1v) is 10.5. The molecule has 4 aliphatic rings. The summed E-state index contributed by atoms with van der Waals surface area (Å²) in [6.07, 6.45) is 11.2. The monoisotopic (exact) mass is 379 g/mol. The third-order valence-corrected chi connectivity index (χ3v) is 6.96. The number of amides is 1. The molecule has 5 heteroatoms. The molecule has 5 atom stereocenters. The Labute approximate surface area is 167 Å². The Morgan fingerprint density at radius 1 is 1.18 bits per heavy atom. The van der Waals surface area contributed by atoms with E-state index in [9.17, 15) is 4.79 Å². The van der Waals surface area contributed by atoms with E-state index in [4.69, 9.17) is 4.74 Å². The molecule has 3 fully saturated rings. The molecule has 1 heterocycles. The second-order valence-corrected chi connectivity index (χ2v) is 8.70. The Bertz CT molecular complexity index is 801. The van der Waals surface area contributed by atoms with Crippen LogP contribution in [0.4, 0.5) is 10.5 Å². The molecule has 1 amide bonds. The number of fused-ring (bicyclic) bond motifs is 3. The van der Waals surface area contributed by atoms with Crippen LogP contribution in [0.25, 0.3) is 0 Å². The molecule has 0 radical (unpaired) electrons. The summed E-state index contributed by atoms with van der Waals surface area (Å²) in [7, 11) is 4.01. The lowest BCUT2D eigenvalue weighted by Gasteiger charge is -2.30. The lowest BCUT2D eigenvalue weighted by Crippen LogP contribution is -2.46. The average molecular weight is 380 g/mol. The maximum atomic E-state index is 12.6. The van der Waals surface area contributed by atoms with Gasteiger partial charge >= 0.3 is 6.09 Å². The van der Waals surface area contributed by atoms with Crippen LogP contribution >= 0.6 is 0 Å². The zero-order chi connectivity index (χ0) is 19.3. The number of hydrogen-bond donors (Lipinski definition) is 1. The molecule has 28 heavy (non-hydrogen) atoms. The van der Waals surface area contributed by atoms with E-state index in [1.807, 2.05) is 36.4 Å². The summed E-state index contributed by atoms with van der Waals surface area (Å²) in [4.78, 5) is 16.7. The van der Waals surface area contributed by atoms with Crippen molar-refractivity contribution < 1.29 is 9.53 Å². The lowest BCUT2D eigenvalue weighted by molar-refractivity contribution is 0.185. The van der Waals surface area contributed by atoms with E-state index in [-0.39, 0.29) is 6.09 Å². The van der Waals surface area contributed by atoms with Crippen molar-refractivity contribution in [1.29, 1.82) is 0 Å². The standard InChI is InChI=1S/C23H29N3O2/c1-25(16-6-4-3-5-7-16)23(27)28-17-10-13-21-19(14-17)18-11-12-20(22(18)26(21)2)24-15-8-9-15/h3-7,10,13-15,18-22,24H,8-9,11-12H2,1-2H3. The van der Waals surface area contributed by atoms with E-state index in [1.54, 1.807) is 11.9 Å². The van der Waals surface area contributed by atoms with Crippen molar-refractivity contribution in [3.8, 4) is 0 Å². The number of nitrogens with one attached hydrogen (secondary N) is 1. The molecule has 5 nitrogen and oxygen atoms in total. The Hall–Kier alpha value is -2.11. The van der Waals surface area contributed by atoms with Gasteiger partial charge in [0.25, 0.3) is 0 Å². The number of likely N-dealkylation sites (N-methyl/N-ethyl adjacent to an activating group) is 1. The summed E-state index contributed by atoms with van der Waals surface area (Å²) >= 11 is 0. The van der Waals surface area contributed by atoms with Crippen LogP contribution in [0.5, 0.6) is 0 Å². The smallest absolute Gasteiger partial charge is 0.410 e. The van der Waals surface area contributed by atoms with Gasteiger partial charge in [-0.3, -0.25) is 9.80 Å². The van der Waals surface area contributed by atoms with Gasteiger partial charge in [-0.1, -0.05) is 24.3 Å². The Morgan fingerprint density at radius 2 is 1.96 bits per heavy atom. The van der Waals surface area contributed by atoms with Crippen molar-refractivity contribution in [2.45, 2.75) is 49.9 Å². The predicted molar refractivity (Wildman–Crippen MR) is 110 cm³/mol. The number of carbonyl (C=O) groups excluding carboxylic acids is 1. The third-order valence-electron chi connectivity index (χ3n) is 6.96. The van der Waals surface area contributed by atoms with Crippen LogP contribution in [0.3, 0.4) is 0 Å². The molecule has 1 saturated heterocycles. The summed E-state index contributed by atoms with van der Waals surface area (Å²) < 4.78 is 5.73. The first-order chi connectivity index (χ1) is 13.6. The maximum Gasteiger partial charge on any atom is 0.419 e. The fourth-order valence-corrected chi connectivity index (χ4v) is 5.40. The molecule has 0 spiro atoms. The number of hydrogen-bond acceptors (Lipinski definition) is 4. The lowest BCUT2D eigenvalue weighted by atomic mass is 9.85. The fraction of sp³-hybridized carbons (Fsp3) is 0.522. The number of benzene rings is 1. The highest BCUT2D eigenvalue weighted by molar-refractivity contribution is 5.87. The van der Waals surface area contributed by atoms with Gasteiger partial charge < -0.3 is 10.1 Å². The zero-order valence-corrected chi connectivity index (χ0v) is 16.6. The van der Waals surface area contributed by atoms with Gasteiger partial charge in [0.1, 0.15) is 5.76 Å². The summed E-state index contributed by atoms with van der Waals surface area (Å²) in [6, 6.07) is 11.9. The van der Waals surface area contributed by atoms with E-state index < -0.39 is 0 Å². The topological polar surface area (TPSA) is 44.8 Å². The quantitative estimate of drug-likeness (QED) is 0.869. The summed E-state index contributed by atoms with van der Waals surface area (Å²) in [5.41, 5.74) is 0.830. The summed E-state index contributed by atoms with van der Waals surface area (Å²) in [5, 5.41) is 3.86. The van der Waals surface area contributed by atoms with Gasteiger partial charge in [0.15, 0.2) is 0 Å². The van der Waals surface area contributed by atoms with Crippen LogP contribution < -0.4 is 10.2 Å². The largest absolute Gasteiger partial charge is 0.419 e. The van der Waals surface area contributed by atoms with Crippen LogP contribution in [-0.2, 0) is 4.74 Å². The summed E-state index contributed by atoms with van der Waals surface area (Å²) in [6.45, 7) is 0. The third kappa shape index (κ3) is 3.16. The highest BCUT2D eigenvalue weighted by Crippen LogP contribution is 2.47. The van der Waals surface area contributed by atoms with Crippen molar-refractivity contribution in [2.24, 2.45) is 11.8 Å². The van der Waals surface area contributed by atoms with Gasteiger partial charge in [-0.25, -0.2) is 4.79 Å². The van der Waals surface area contributed by atoms with Crippen LogP contribution in [0.15, 0.2) is 54.3 Å². The normalized spacial score (nSPS) is 33.9. The minimum Gasteiger partial charge on any atom is -0.410 e. The van der Waals surface area contributed by atoms with Gasteiger partial charge in [0, 0.05) is 42.8 Å². The number of anilines is 1. The van der Waals surface area contributed by atoms with Crippen LogP contribution in [-0.4, -0.2) is 49.3 Å². The molecular weight excluding hydrogens is 350 g/mol. The molecule has 0 aromatic heterocycles. The van der Waals surface area contributed by atoms with Crippen molar-refractivity contribution in [2.75, 3.05) is 19.0 Å². The second-order valence-electron chi connectivity index (χ2n) is 8.70. The molecule has 148 valence electrons. The van der Waals surface area contributed by atoms with E-state index in [0.29, 0.717) is 35.7 Å². The Balaban J connectivity index is 1.28. The zero-order valence-electron chi connectivity index (χ0n) is 16.6. The van der Waals surface area contributed by atoms with E-state index in [0.717, 1.165) is 11.7 Å². The first-order valence-electron chi connectivity index (χ1n) is 10.5. The summed E-state index contributed by atoms with van der Waals surface area (Å²) in [5.74, 6) is 1.74. The van der Waals surface area contributed by atoms with Gasteiger partial charge in [0.05, 0.1) is 0 Å². The average Bonchev–Trinajstić information content (AvgIpc) is 3.37. The van der Waals surface area contributed by atoms with E-state index in [2.05, 4.69) is 29.4 Å². The number of carbonyl (C=O) groups is 1. The number of allylic oxidation sites excluding steroid dienone is 1. The van der Waals surface area contributed by atoms with Crippen LogP contribution in [0, 0.1) is 11.8 Å². The van der Waals surface area contributed by atoms with Crippen molar-refractivity contribution in [1.82, 2.24) is 10.2 Å². The molecule has 5 rings (SSSR count). The van der Waals surface area contributed by atoms with Gasteiger partial charge in [-0.05, 0) is 62.9 Å². The van der Waals surface area contributed by atoms with Gasteiger partial charge in [-0.15, -0.1) is 0 Å². The van der Waals surface area contributed by atoms with E-state index >= 15 is 0 Å². The second kappa shape index (κ2) is 7.05. The molecule has 3 aliphatic carbocycles. The Morgan fingerprint density at radius 3 is 2.71 bits per heavy atom. The van der Waals surface area contributed by atoms with Gasteiger partial charge in [0.2, 0.25) is 0 Å². The minimum absolute atomic E-state index is 0.344. The molecule has 1 aromatic rings. The predicted octanol–water partition coefficient (Wildman–Crippen LogP) is 3.54. The number of para-hydroxylation sites is 1. The highest BCUT2D eigenvalue weighted by Gasteiger charge is 2.53. The highest BCUT2D eigenvalue weighted by atomic mass is 16.6. The molecule has 1 N–H and O–H groups in total. The number of rotatable bonds is 4. The van der Waals surface area contributed by atoms with E-state index in [1.165, 1.54) is 25.7 Å². The van der Waals surface area contributed by atoms with Crippen LogP contribution in [0.1, 0.15) is 25.7 Å². The molecule has 1 aliphatic heterocycles. The molecule has 0 bridgehead atoms. The fourth-order valence-electron chi connectivity index (χ4n) is 5.40. The molecule has 5 unspecified atom stereocenters. The van der Waals surface area contributed by atoms with Crippen molar-refractivity contribution >= 4 is 11.8 Å². The minimum atomic E-state index is -0.344. The number of nitrogens with zero attached hydrogens (tertiary/aromatic N) is 2. The SMILES string of the molecule is CN(C(=O)OC1=CC2C3CCC(NC4CC4)C3N(C)C2C=C1)c1ccccc1. The van der Waals surface area contributed by atoms with Crippen molar-refractivity contribution in [3.05, 3.63) is 54.3 Å². The molecular formula is C23H29N3O2. The number of likely N-dealkylation sites (tertiary alicyclic amines) is 1. The van der Waals surface area contributed by atoms with Crippen molar-refractivity contribution in [3.63, 3.8) is 0 Å². The number of ether oxygens (including phenoxy) is 1. The first kappa shape index (κ1) is 18.0. The molecule has 1 aromatic carbocycles. The van der Waals surface area contributed by atoms with Crippen LogP contribution in [0.2, 0.25) is 0 Å². The molecule has 2 saturated carbocycles. The van der Waals surface area contributed by atoms with Gasteiger partial charge in [-0.2, -0.15) is 0 Å².